The fraction of sp³-hybridized carbons (Fsp3) is 0.963. The molecule has 0 bridgehead atoms. The van der Waals surface area contributed by atoms with Crippen LogP contribution in [0, 0.1) is 0 Å². The van der Waals surface area contributed by atoms with Gasteiger partial charge in [0.25, 0.3) is 0 Å². The first-order chi connectivity index (χ1) is 17.7. The lowest BCUT2D eigenvalue weighted by atomic mass is 10.1. The molecule has 0 aromatic rings. The maximum Gasteiger partial charge on any atom is 0.305 e. The number of ether oxygens (including phenoxy) is 8. The van der Waals surface area contributed by atoms with E-state index in [2.05, 4.69) is 6.92 Å². The van der Waals surface area contributed by atoms with E-state index in [1.54, 1.807) is 0 Å². The minimum atomic E-state index is -0.134. The zero-order valence-electron chi connectivity index (χ0n) is 23.3. The molecule has 0 N–H and O–H groups in total. The number of carbonyl (C=O) groups is 1. The van der Waals surface area contributed by atoms with Gasteiger partial charge >= 0.3 is 5.97 Å². The molecular formula is C27H54O9. The monoisotopic (exact) mass is 522 g/mol. The van der Waals surface area contributed by atoms with Crippen LogP contribution >= 0.6 is 0 Å². The standard InChI is InChI=1S/C27H54O9/c1-4-5-6-7-8-9-10-11-27(28)36-25-23-34-21-19-32-17-15-30-13-12-29-14-16-31-18-20-33-22-24-35-26(2)3/h26H,4-25H2,1-3H3. The Morgan fingerprint density at radius 2 is 0.861 bits per heavy atom. The zero-order chi connectivity index (χ0) is 26.4. The lowest BCUT2D eigenvalue weighted by Crippen LogP contribution is -2.15. The van der Waals surface area contributed by atoms with Crippen molar-refractivity contribution in [3.05, 3.63) is 0 Å². The van der Waals surface area contributed by atoms with Crippen molar-refractivity contribution < 1.29 is 42.7 Å². The van der Waals surface area contributed by atoms with Crippen LogP contribution in [0.1, 0.15) is 72.1 Å². The van der Waals surface area contributed by atoms with Crippen molar-refractivity contribution in [3.63, 3.8) is 0 Å². The van der Waals surface area contributed by atoms with Gasteiger partial charge in [0, 0.05) is 6.42 Å². The molecule has 0 saturated heterocycles. The highest BCUT2D eigenvalue weighted by Gasteiger charge is 2.02. The molecule has 0 aromatic heterocycles. The Hall–Kier alpha value is -0.810. The van der Waals surface area contributed by atoms with Crippen LogP contribution < -0.4 is 0 Å². The van der Waals surface area contributed by atoms with Crippen LogP contribution in [0.15, 0.2) is 0 Å². The number of hydrogen-bond donors (Lipinski definition) is 0. The van der Waals surface area contributed by atoms with Crippen LogP contribution in [0.25, 0.3) is 0 Å². The van der Waals surface area contributed by atoms with E-state index in [0.717, 1.165) is 12.8 Å². The SMILES string of the molecule is CCCCCCCCCC(=O)OCCOCCOCCOCCOCCOCCOCCOC(C)C. The number of esters is 1. The fourth-order valence-electron chi connectivity index (χ4n) is 3.06. The normalized spacial score (nSPS) is 11.4. The average Bonchev–Trinajstić information content (AvgIpc) is 2.86. The Morgan fingerprint density at radius 1 is 0.500 bits per heavy atom. The Morgan fingerprint density at radius 3 is 1.28 bits per heavy atom. The molecule has 216 valence electrons. The van der Waals surface area contributed by atoms with Crippen molar-refractivity contribution in [1.82, 2.24) is 0 Å². The van der Waals surface area contributed by atoms with Gasteiger partial charge in [0.2, 0.25) is 0 Å². The second-order valence-corrected chi connectivity index (χ2v) is 8.69. The fourth-order valence-corrected chi connectivity index (χ4v) is 3.06. The van der Waals surface area contributed by atoms with Crippen LogP contribution in [-0.4, -0.2) is 105 Å². The summed E-state index contributed by atoms with van der Waals surface area (Å²) in [6.45, 7) is 13.3. The molecular weight excluding hydrogens is 468 g/mol. The molecule has 0 aliphatic heterocycles. The van der Waals surface area contributed by atoms with E-state index in [1.807, 2.05) is 13.8 Å². The van der Waals surface area contributed by atoms with E-state index in [1.165, 1.54) is 32.1 Å². The summed E-state index contributed by atoms with van der Waals surface area (Å²) in [6, 6.07) is 0. The van der Waals surface area contributed by atoms with Crippen molar-refractivity contribution >= 4 is 5.97 Å². The first-order valence-electron chi connectivity index (χ1n) is 13.9. The summed E-state index contributed by atoms with van der Waals surface area (Å²) in [5.74, 6) is -0.134. The molecule has 0 saturated carbocycles. The summed E-state index contributed by atoms with van der Waals surface area (Å²) >= 11 is 0. The van der Waals surface area contributed by atoms with Gasteiger partial charge in [0.05, 0.1) is 92.0 Å². The van der Waals surface area contributed by atoms with Gasteiger partial charge in [-0.1, -0.05) is 45.4 Å². The van der Waals surface area contributed by atoms with Crippen LogP contribution in [0.2, 0.25) is 0 Å². The third-order valence-corrected chi connectivity index (χ3v) is 5.01. The summed E-state index contributed by atoms with van der Waals surface area (Å²) in [4.78, 5) is 11.7. The Balaban J connectivity index is 3.11. The quantitative estimate of drug-likeness (QED) is 0.102. The molecule has 0 aliphatic carbocycles. The third kappa shape index (κ3) is 31.2. The van der Waals surface area contributed by atoms with Gasteiger partial charge in [0.15, 0.2) is 0 Å². The summed E-state index contributed by atoms with van der Waals surface area (Å²) in [5, 5.41) is 0. The molecule has 0 radical (unpaired) electrons. The van der Waals surface area contributed by atoms with Gasteiger partial charge in [-0.2, -0.15) is 0 Å². The van der Waals surface area contributed by atoms with Crippen LogP contribution in [0.5, 0.6) is 0 Å². The third-order valence-electron chi connectivity index (χ3n) is 5.01. The summed E-state index contributed by atoms with van der Waals surface area (Å²) < 4.78 is 43.1. The number of unbranched alkanes of at least 4 members (excludes halogenated alkanes) is 6. The van der Waals surface area contributed by atoms with Crippen molar-refractivity contribution in [2.45, 2.75) is 78.2 Å². The van der Waals surface area contributed by atoms with Gasteiger partial charge in [-0.3, -0.25) is 4.79 Å². The van der Waals surface area contributed by atoms with Crippen molar-refractivity contribution in [1.29, 1.82) is 0 Å². The maximum absolute atomic E-state index is 11.7. The summed E-state index contributed by atoms with van der Waals surface area (Å²) in [6.07, 6.45) is 9.08. The molecule has 9 nitrogen and oxygen atoms in total. The van der Waals surface area contributed by atoms with E-state index < -0.39 is 0 Å². The van der Waals surface area contributed by atoms with Crippen LogP contribution in [0.4, 0.5) is 0 Å². The predicted octanol–water partition coefficient (Wildman–Crippen LogP) is 4.19. The Kier molecular flexibility index (Phi) is 29.7. The lowest BCUT2D eigenvalue weighted by Gasteiger charge is -2.09. The molecule has 0 aliphatic rings. The average molecular weight is 523 g/mol. The Bertz CT molecular complexity index is 435. The molecule has 0 unspecified atom stereocenters. The highest BCUT2D eigenvalue weighted by Crippen LogP contribution is 2.08. The molecule has 0 atom stereocenters. The van der Waals surface area contributed by atoms with Crippen molar-refractivity contribution in [2.75, 3.05) is 92.5 Å². The molecule has 0 heterocycles. The maximum atomic E-state index is 11.7. The highest BCUT2D eigenvalue weighted by molar-refractivity contribution is 5.69. The first-order valence-corrected chi connectivity index (χ1v) is 13.9. The number of rotatable bonds is 30. The molecule has 0 amide bonds. The van der Waals surface area contributed by atoms with E-state index in [-0.39, 0.29) is 12.1 Å². The van der Waals surface area contributed by atoms with Gasteiger partial charge in [-0.05, 0) is 20.3 Å². The topological polar surface area (TPSA) is 90.9 Å². The highest BCUT2D eigenvalue weighted by atomic mass is 16.6. The van der Waals surface area contributed by atoms with Gasteiger partial charge in [-0.25, -0.2) is 0 Å². The summed E-state index contributed by atoms with van der Waals surface area (Å²) in [7, 11) is 0. The second-order valence-electron chi connectivity index (χ2n) is 8.69. The molecule has 0 spiro atoms. The summed E-state index contributed by atoms with van der Waals surface area (Å²) in [5.41, 5.74) is 0. The van der Waals surface area contributed by atoms with Crippen LogP contribution in [0.3, 0.4) is 0 Å². The van der Waals surface area contributed by atoms with E-state index >= 15 is 0 Å². The molecule has 9 heteroatoms. The van der Waals surface area contributed by atoms with Crippen molar-refractivity contribution in [3.8, 4) is 0 Å². The molecule has 36 heavy (non-hydrogen) atoms. The second kappa shape index (κ2) is 30.4. The van der Waals surface area contributed by atoms with E-state index in [0.29, 0.717) is 98.9 Å². The van der Waals surface area contributed by atoms with E-state index in [9.17, 15) is 4.79 Å². The zero-order valence-corrected chi connectivity index (χ0v) is 23.3. The first kappa shape index (κ1) is 35.2. The van der Waals surface area contributed by atoms with Crippen LogP contribution in [-0.2, 0) is 42.7 Å². The van der Waals surface area contributed by atoms with Gasteiger partial charge in [0.1, 0.15) is 6.61 Å². The molecule has 0 aromatic carbocycles. The van der Waals surface area contributed by atoms with Gasteiger partial charge in [-0.15, -0.1) is 0 Å². The minimum absolute atomic E-state index is 0.134. The van der Waals surface area contributed by atoms with E-state index in [4.69, 9.17) is 37.9 Å². The lowest BCUT2D eigenvalue weighted by molar-refractivity contribution is -0.145. The number of hydrogen-bond acceptors (Lipinski definition) is 9. The molecule has 0 rings (SSSR count). The smallest absolute Gasteiger partial charge is 0.305 e. The Labute approximate surface area is 219 Å². The minimum Gasteiger partial charge on any atom is -0.463 e. The molecule has 0 fully saturated rings. The van der Waals surface area contributed by atoms with Crippen molar-refractivity contribution in [2.24, 2.45) is 0 Å². The number of carbonyl (C=O) groups excluding carboxylic acids is 1. The largest absolute Gasteiger partial charge is 0.463 e. The predicted molar refractivity (Wildman–Crippen MR) is 140 cm³/mol. The van der Waals surface area contributed by atoms with Gasteiger partial charge < -0.3 is 37.9 Å².